The van der Waals surface area contributed by atoms with E-state index >= 15 is 0 Å². The van der Waals surface area contributed by atoms with E-state index in [4.69, 9.17) is 0 Å². The molecule has 1 atom stereocenters. The number of imidazole rings is 1. The molecule has 1 fully saturated rings. The van der Waals surface area contributed by atoms with E-state index in [1.807, 2.05) is 18.7 Å². The lowest BCUT2D eigenvalue weighted by atomic mass is 9.96. The summed E-state index contributed by atoms with van der Waals surface area (Å²) < 4.78 is 29.4. The highest BCUT2D eigenvalue weighted by Gasteiger charge is 2.32. The number of nitrogens with zero attached hydrogens (tertiary/aromatic N) is 4. The van der Waals surface area contributed by atoms with Crippen LogP contribution in [0.15, 0.2) is 42.6 Å². The molecular weight excluding hydrogens is 478 g/mol. The molecule has 0 bridgehead atoms. The van der Waals surface area contributed by atoms with E-state index in [0.717, 1.165) is 46.1 Å². The van der Waals surface area contributed by atoms with Gasteiger partial charge in [-0.05, 0) is 62.9 Å². The minimum atomic E-state index is -0.356. The van der Waals surface area contributed by atoms with Gasteiger partial charge in [-0.15, -0.1) is 23.7 Å². The van der Waals surface area contributed by atoms with Gasteiger partial charge in [-0.1, -0.05) is 12.1 Å². The maximum absolute atomic E-state index is 14.2. The monoisotopic (exact) mass is 502 g/mol. The first-order valence-corrected chi connectivity index (χ1v) is 11.9. The van der Waals surface area contributed by atoms with Crippen molar-refractivity contribution in [3.8, 4) is 10.4 Å². The molecule has 1 unspecified atom stereocenters. The number of piperidine rings is 1. The van der Waals surface area contributed by atoms with Crippen molar-refractivity contribution in [3.63, 3.8) is 0 Å². The lowest BCUT2D eigenvalue weighted by molar-refractivity contribution is 0.0607. The van der Waals surface area contributed by atoms with Crippen LogP contribution in [0.5, 0.6) is 0 Å². The Morgan fingerprint density at radius 3 is 2.62 bits per heavy atom. The van der Waals surface area contributed by atoms with Crippen molar-refractivity contribution >= 4 is 35.3 Å². The van der Waals surface area contributed by atoms with E-state index in [9.17, 15) is 13.6 Å². The summed E-state index contributed by atoms with van der Waals surface area (Å²) in [7, 11) is 0. The Kier molecular flexibility index (Phi) is 7.00. The molecule has 0 saturated carbocycles. The molecular formula is C25H25ClF2N4OS. The number of likely N-dealkylation sites (tertiary alicyclic amines) is 1. The van der Waals surface area contributed by atoms with Crippen LogP contribution in [0.2, 0.25) is 0 Å². The number of aromatic nitrogens is 3. The van der Waals surface area contributed by atoms with Crippen LogP contribution in [0.25, 0.3) is 16.1 Å². The maximum atomic E-state index is 14.2. The molecule has 1 aromatic carbocycles. The third-order valence-electron chi connectivity index (χ3n) is 6.30. The number of benzene rings is 1. The van der Waals surface area contributed by atoms with E-state index < -0.39 is 0 Å². The van der Waals surface area contributed by atoms with E-state index in [1.54, 1.807) is 28.8 Å². The second-order valence-corrected chi connectivity index (χ2v) is 9.67. The van der Waals surface area contributed by atoms with Gasteiger partial charge < -0.3 is 9.30 Å². The van der Waals surface area contributed by atoms with E-state index in [1.165, 1.54) is 29.5 Å². The van der Waals surface area contributed by atoms with Crippen LogP contribution >= 0.6 is 23.7 Å². The van der Waals surface area contributed by atoms with Gasteiger partial charge in [-0.2, -0.15) is 0 Å². The Balaban J connectivity index is 0.00000274. The molecule has 1 aliphatic rings. The summed E-state index contributed by atoms with van der Waals surface area (Å²) in [5.74, 6) is -0.787. The molecule has 0 aliphatic carbocycles. The summed E-state index contributed by atoms with van der Waals surface area (Å²) >= 11 is 1.44. The number of pyridine rings is 1. The van der Waals surface area contributed by atoms with Crippen molar-refractivity contribution in [2.45, 2.75) is 45.6 Å². The van der Waals surface area contributed by atoms with Gasteiger partial charge in [0.15, 0.2) is 11.5 Å². The number of thiazole rings is 1. The Labute approximate surface area is 206 Å². The van der Waals surface area contributed by atoms with Crippen molar-refractivity contribution in [2.24, 2.45) is 0 Å². The van der Waals surface area contributed by atoms with E-state index in [2.05, 4.69) is 9.97 Å². The predicted octanol–water partition coefficient (Wildman–Crippen LogP) is 6.01. The summed E-state index contributed by atoms with van der Waals surface area (Å²) in [5.41, 5.74) is 3.20. The number of rotatable bonds is 4. The smallest absolute Gasteiger partial charge is 0.274 e. The van der Waals surface area contributed by atoms with Gasteiger partial charge in [0.25, 0.3) is 5.91 Å². The second-order valence-electron chi connectivity index (χ2n) is 8.46. The number of fused-ring (bicyclic) bond motifs is 1. The normalized spacial score (nSPS) is 16.0. The summed E-state index contributed by atoms with van der Waals surface area (Å²) in [4.78, 5) is 25.5. The SMILES string of the molecule is Cc1nc(C(=O)N2CCCCC2Cc2nc3c(F)cccn3c2C)c(-c2ccc(F)cc2)s1.Cl. The molecule has 9 heteroatoms. The molecule has 5 nitrogen and oxygen atoms in total. The molecule has 3 aromatic heterocycles. The molecule has 178 valence electrons. The highest BCUT2D eigenvalue weighted by molar-refractivity contribution is 7.15. The van der Waals surface area contributed by atoms with Crippen LogP contribution in [-0.4, -0.2) is 37.8 Å². The average Bonchev–Trinajstić information content (AvgIpc) is 3.35. The molecule has 1 saturated heterocycles. The fourth-order valence-electron chi connectivity index (χ4n) is 4.60. The van der Waals surface area contributed by atoms with Gasteiger partial charge >= 0.3 is 0 Å². The zero-order valence-corrected chi connectivity index (χ0v) is 20.6. The second kappa shape index (κ2) is 9.80. The summed E-state index contributed by atoms with van der Waals surface area (Å²) in [6.45, 7) is 4.45. The Morgan fingerprint density at radius 2 is 1.88 bits per heavy atom. The van der Waals surface area contributed by atoms with Crippen LogP contribution in [-0.2, 0) is 6.42 Å². The molecule has 4 aromatic rings. The zero-order chi connectivity index (χ0) is 23.1. The van der Waals surface area contributed by atoms with E-state index in [-0.39, 0.29) is 36.0 Å². The third-order valence-corrected chi connectivity index (χ3v) is 7.32. The van der Waals surface area contributed by atoms with Crippen molar-refractivity contribution in [1.82, 2.24) is 19.3 Å². The van der Waals surface area contributed by atoms with Crippen molar-refractivity contribution in [2.75, 3.05) is 6.54 Å². The maximum Gasteiger partial charge on any atom is 0.274 e. The first kappa shape index (κ1) is 24.3. The minimum Gasteiger partial charge on any atom is -0.334 e. The molecule has 1 aliphatic heterocycles. The number of amides is 1. The van der Waals surface area contributed by atoms with Crippen LogP contribution in [0, 0.1) is 25.5 Å². The molecule has 0 N–H and O–H groups in total. The summed E-state index contributed by atoms with van der Waals surface area (Å²) in [6, 6.07) is 9.19. The summed E-state index contributed by atoms with van der Waals surface area (Å²) in [6.07, 6.45) is 5.18. The number of halogens is 3. The largest absolute Gasteiger partial charge is 0.334 e. The lowest BCUT2D eigenvalue weighted by Gasteiger charge is -2.35. The molecule has 1 amide bonds. The van der Waals surface area contributed by atoms with Crippen molar-refractivity contribution < 1.29 is 13.6 Å². The molecule has 34 heavy (non-hydrogen) atoms. The number of aryl methyl sites for hydroxylation is 2. The topological polar surface area (TPSA) is 50.5 Å². The zero-order valence-electron chi connectivity index (χ0n) is 18.9. The summed E-state index contributed by atoms with van der Waals surface area (Å²) in [5, 5.41) is 0.790. The van der Waals surface area contributed by atoms with Crippen molar-refractivity contribution in [3.05, 3.63) is 76.3 Å². The fraction of sp³-hybridized carbons (Fsp3) is 0.320. The van der Waals surface area contributed by atoms with Gasteiger partial charge in [0, 0.05) is 30.9 Å². The van der Waals surface area contributed by atoms with Gasteiger partial charge in [-0.3, -0.25) is 4.79 Å². The number of hydrogen-bond acceptors (Lipinski definition) is 4. The van der Waals surface area contributed by atoms with Crippen LogP contribution in [0.3, 0.4) is 0 Å². The molecule has 5 rings (SSSR count). The van der Waals surface area contributed by atoms with Crippen LogP contribution in [0.1, 0.15) is 46.1 Å². The first-order valence-electron chi connectivity index (χ1n) is 11.1. The van der Waals surface area contributed by atoms with Gasteiger partial charge in [0.05, 0.1) is 15.6 Å². The molecule has 0 radical (unpaired) electrons. The fourth-order valence-corrected chi connectivity index (χ4v) is 5.52. The third kappa shape index (κ3) is 4.44. The Bertz CT molecular complexity index is 1330. The Morgan fingerprint density at radius 1 is 1.12 bits per heavy atom. The lowest BCUT2D eigenvalue weighted by Crippen LogP contribution is -2.45. The quantitative estimate of drug-likeness (QED) is 0.343. The highest BCUT2D eigenvalue weighted by atomic mass is 35.5. The highest BCUT2D eigenvalue weighted by Crippen LogP contribution is 2.33. The van der Waals surface area contributed by atoms with Gasteiger partial charge in [0.1, 0.15) is 11.5 Å². The standard InChI is InChI=1S/C25H24F2N4OS.ClH/c1-15-21(29-24-20(27)7-5-13-30(15)24)14-19-6-3-4-12-31(19)25(32)22-23(33-16(2)28-22)17-8-10-18(26)11-9-17;/h5,7-11,13,19H,3-4,6,12,14H2,1-2H3;1H. The first-order chi connectivity index (χ1) is 15.9. The number of carbonyl (C=O) groups is 1. The number of hydrogen-bond donors (Lipinski definition) is 0. The minimum absolute atomic E-state index is 0. The van der Waals surface area contributed by atoms with Crippen LogP contribution in [0.4, 0.5) is 8.78 Å². The average molecular weight is 503 g/mol. The van der Waals surface area contributed by atoms with Gasteiger partial charge in [-0.25, -0.2) is 18.7 Å². The Hall–Kier alpha value is -2.84. The van der Waals surface area contributed by atoms with Crippen LogP contribution < -0.4 is 0 Å². The van der Waals surface area contributed by atoms with E-state index in [0.29, 0.717) is 24.3 Å². The number of carbonyl (C=O) groups excluding carboxylic acids is 1. The van der Waals surface area contributed by atoms with Gasteiger partial charge in [0.2, 0.25) is 0 Å². The predicted molar refractivity (Wildman–Crippen MR) is 132 cm³/mol. The molecule has 0 spiro atoms. The van der Waals surface area contributed by atoms with Crippen molar-refractivity contribution in [1.29, 1.82) is 0 Å². The molecule has 4 heterocycles.